The van der Waals surface area contributed by atoms with Gasteiger partial charge in [0.2, 0.25) is 11.8 Å². The van der Waals surface area contributed by atoms with Gasteiger partial charge in [0.1, 0.15) is 12.6 Å². The minimum atomic E-state index is -3.24. The van der Waals surface area contributed by atoms with E-state index >= 15 is 0 Å². The molecule has 2 amide bonds. The summed E-state index contributed by atoms with van der Waals surface area (Å²) in [6, 6.07) is -1.15. The molecule has 1 saturated heterocycles. The van der Waals surface area contributed by atoms with Crippen molar-refractivity contribution in [1.82, 2.24) is 10.2 Å². The molecule has 2 atom stereocenters. The van der Waals surface area contributed by atoms with E-state index in [0.29, 0.717) is 0 Å². The zero-order chi connectivity index (χ0) is 14.4. The first-order chi connectivity index (χ1) is 8.60. The van der Waals surface area contributed by atoms with Crippen molar-refractivity contribution in [3.05, 3.63) is 11.5 Å². The molecule has 0 aromatic carbocycles. The number of hydrogen-bond donors (Lipinski definition) is 1. The topological polar surface area (TPSA) is 83.6 Å². The van der Waals surface area contributed by atoms with E-state index in [0.717, 1.165) is 5.41 Å². The second kappa shape index (κ2) is 4.33. The summed E-state index contributed by atoms with van der Waals surface area (Å²) in [4.78, 5) is 25.5. The van der Waals surface area contributed by atoms with Gasteiger partial charge in [0.15, 0.2) is 9.84 Å². The molecular formula is C12H18N2O4S. The number of carbonyl (C=O) groups is 2. The second-order valence-electron chi connectivity index (χ2n) is 6.06. The molecule has 0 radical (unpaired) electrons. The van der Waals surface area contributed by atoms with Crippen LogP contribution in [0.4, 0.5) is 0 Å². The van der Waals surface area contributed by atoms with E-state index in [-0.39, 0.29) is 24.1 Å². The van der Waals surface area contributed by atoms with Gasteiger partial charge in [-0.15, -0.1) is 0 Å². The van der Waals surface area contributed by atoms with Crippen LogP contribution < -0.4 is 5.32 Å². The van der Waals surface area contributed by atoms with Gasteiger partial charge in [0.05, 0.1) is 11.8 Å². The van der Waals surface area contributed by atoms with E-state index in [1.54, 1.807) is 0 Å². The zero-order valence-electron chi connectivity index (χ0n) is 11.2. The number of sulfone groups is 1. The van der Waals surface area contributed by atoms with Crippen LogP contribution >= 0.6 is 0 Å². The van der Waals surface area contributed by atoms with Gasteiger partial charge in [-0.2, -0.15) is 0 Å². The Labute approximate surface area is 112 Å². The van der Waals surface area contributed by atoms with Crippen LogP contribution in [0.2, 0.25) is 0 Å². The molecule has 2 heterocycles. The van der Waals surface area contributed by atoms with E-state index in [1.165, 1.54) is 11.0 Å². The molecule has 1 N–H and O–H groups in total. The third kappa shape index (κ3) is 2.80. The zero-order valence-corrected chi connectivity index (χ0v) is 12.0. The van der Waals surface area contributed by atoms with Crippen LogP contribution in [-0.2, 0) is 19.4 Å². The smallest absolute Gasteiger partial charge is 0.246 e. The van der Waals surface area contributed by atoms with Crippen molar-refractivity contribution >= 4 is 21.7 Å². The molecule has 7 heteroatoms. The van der Waals surface area contributed by atoms with E-state index in [1.807, 2.05) is 20.8 Å². The molecule has 0 aliphatic carbocycles. The average molecular weight is 286 g/mol. The molecule has 0 aromatic rings. The van der Waals surface area contributed by atoms with E-state index in [4.69, 9.17) is 0 Å². The normalized spacial score (nSPS) is 30.6. The third-order valence-electron chi connectivity index (χ3n) is 3.33. The third-order valence-corrected chi connectivity index (χ3v) is 4.70. The van der Waals surface area contributed by atoms with Crippen LogP contribution in [0.3, 0.4) is 0 Å². The summed E-state index contributed by atoms with van der Waals surface area (Å²) in [6.07, 6.45) is 1.48. The molecule has 0 saturated carbocycles. The minimum Gasteiger partial charge on any atom is -0.342 e. The Bertz CT molecular complexity index is 545. The molecule has 2 unspecified atom stereocenters. The number of piperazine rings is 1. The molecule has 0 spiro atoms. The van der Waals surface area contributed by atoms with Crippen LogP contribution in [-0.4, -0.2) is 49.5 Å². The van der Waals surface area contributed by atoms with Gasteiger partial charge in [0.25, 0.3) is 0 Å². The highest BCUT2D eigenvalue weighted by atomic mass is 32.2. The van der Waals surface area contributed by atoms with Crippen molar-refractivity contribution in [3.63, 3.8) is 0 Å². The van der Waals surface area contributed by atoms with Gasteiger partial charge < -0.3 is 10.2 Å². The van der Waals surface area contributed by atoms with Crippen molar-refractivity contribution in [2.75, 3.05) is 12.3 Å². The van der Waals surface area contributed by atoms with Gasteiger partial charge in [0, 0.05) is 5.41 Å². The van der Waals surface area contributed by atoms with Crippen LogP contribution in [0.5, 0.6) is 0 Å². The van der Waals surface area contributed by atoms with Crippen molar-refractivity contribution in [3.8, 4) is 0 Å². The predicted molar refractivity (Wildman–Crippen MR) is 69.8 cm³/mol. The maximum absolute atomic E-state index is 12.4. The van der Waals surface area contributed by atoms with Gasteiger partial charge in [-0.05, 0) is 11.5 Å². The largest absolute Gasteiger partial charge is 0.342 e. The molecule has 0 bridgehead atoms. The number of amides is 2. The summed E-state index contributed by atoms with van der Waals surface area (Å²) in [5.74, 6) is -0.612. The van der Waals surface area contributed by atoms with Gasteiger partial charge >= 0.3 is 0 Å². The lowest BCUT2D eigenvalue weighted by atomic mass is 9.84. The van der Waals surface area contributed by atoms with E-state index < -0.39 is 27.3 Å². The Morgan fingerprint density at radius 1 is 1.32 bits per heavy atom. The molecule has 0 aromatic heterocycles. The summed E-state index contributed by atoms with van der Waals surface area (Å²) in [5, 5.41) is 3.79. The van der Waals surface area contributed by atoms with E-state index in [9.17, 15) is 18.0 Å². The number of carbonyl (C=O) groups excluding carboxylic acids is 2. The Morgan fingerprint density at radius 2 is 1.95 bits per heavy atom. The van der Waals surface area contributed by atoms with Gasteiger partial charge in [-0.1, -0.05) is 20.8 Å². The molecule has 2 aliphatic heterocycles. The van der Waals surface area contributed by atoms with Crippen LogP contribution in [0.15, 0.2) is 11.5 Å². The average Bonchev–Trinajstić information content (AvgIpc) is 2.60. The number of rotatable bonds is 1. The lowest BCUT2D eigenvalue weighted by Crippen LogP contribution is -2.64. The highest BCUT2D eigenvalue weighted by Crippen LogP contribution is 2.26. The molecule has 6 nitrogen and oxygen atoms in total. The van der Waals surface area contributed by atoms with Crippen molar-refractivity contribution < 1.29 is 18.0 Å². The maximum atomic E-state index is 12.4. The van der Waals surface area contributed by atoms with Gasteiger partial charge in [-0.25, -0.2) is 8.42 Å². The van der Waals surface area contributed by atoms with Gasteiger partial charge in [-0.3, -0.25) is 9.59 Å². The Balaban J connectivity index is 2.24. The standard InChI is InChI=1S/C12H18N2O4S/c1-12(2,3)10-11(16)14(6-9(15)13-10)8-4-5-19(17,18)7-8/h4-5,8,10H,6-7H2,1-3H3,(H,13,15). The maximum Gasteiger partial charge on any atom is 0.246 e. The highest BCUT2D eigenvalue weighted by Gasteiger charge is 2.43. The first-order valence-electron chi connectivity index (χ1n) is 6.11. The molecule has 1 fully saturated rings. The molecular weight excluding hydrogens is 268 g/mol. The summed E-state index contributed by atoms with van der Waals surface area (Å²) in [7, 11) is -3.24. The molecule has 106 valence electrons. The lowest BCUT2D eigenvalue weighted by molar-refractivity contribution is -0.148. The highest BCUT2D eigenvalue weighted by molar-refractivity contribution is 7.94. The second-order valence-corrected chi connectivity index (χ2v) is 7.99. The number of hydrogen-bond acceptors (Lipinski definition) is 4. The Hall–Kier alpha value is -1.37. The predicted octanol–water partition coefficient (Wildman–Crippen LogP) is -0.330. The molecule has 2 aliphatic rings. The Morgan fingerprint density at radius 3 is 2.42 bits per heavy atom. The van der Waals surface area contributed by atoms with Crippen LogP contribution in [0.1, 0.15) is 20.8 Å². The number of nitrogens with one attached hydrogen (secondary N) is 1. The summed E-state index contributed by atoms with van der Waals surface area (Å²) in [5.41, 5.74) is -0.410. The van der Waals surface area contributed by atoms with Crippen LogP contribution in [0, 0.1) is 5.41 Å². The molecule has 19 heavy (non-hydrogen) atoms. The quantitative estimate of drug-likeness (QED) is 0.715. The molecule has 2 rings (SSSR count). The minimum absolute atomic E-state index is 0.0874. The van der Waals surface area contributed by atoms with Crippen molar-refractivity contribution in [2.24, 2.45) is 5.41 Å². The number of nitrogens with zero attached hydrogens (tertiary/aromatic N) is 1. The summed E-state index contributed by atoms with van der Waals surface area (Å²) >= 11 is 0. The van der Waals surface area contributed by atoms with Crippen LogP contribution in [0.25, 0.3) is 0 Å². The van der Waals surface area contributed by atoms with Crippen molar-refractivity contribution in [2.45, 2.75) is 32.9 Å². The first-order valence-corrected chi connectivity index (χ1v) is 7.82. The Kier molecular flexibility index (Phi) is 3.20. The monoisotopic (exact) mass is 286 g/mol. The fourth-order valence-electron chi connectivity index (χ4n) is 2.29. The first kappa shape index (κ1) is 14.0. The SMILES string of the molecule is CC(C)(C)C1NC(=O)CN(C2C=CS(=O)(=O)C2)C1=O. The lowest BCUT2D eigenvalue weighted by Gasteiger charge is -2.40. The van der Waals surface area contributed by atoms with E-state index in [2.05, 4.69) is 5.32 Å². The fourth-order valence-corrected chi connectivity index (χ4v) is 3.59. The summed E-state index contributed by atoms with van der Waals surface area (Å²) < 4.78 is 22.8. The summed E-state index contributed by atoms with van der Waals surface area (Å²) in [6.45, 7) is 5.50. The fraction of sp³-hybridized carbons (Fsp3) is 0.667. The van der Waals surface area contributed by atoms with Crippen molar-refractivity contribution in [1.29, 1.82) is 0 Å².